The molecule has 0 radical (unpaired) electrons. The minimum absolute atomic E-state index is 0.0688. The second-order valence-corrected chi connectivity index (χ2v) is 7.46. The standard InChI is InChI=1S/C25H29N3O3/c1-3-4-6-19-8-12-21(13-9-19)26-24(29)7-5-18-28-25(30)17-16-23(27-28)20-10-14-22(31-2)15-11-20/h8-17H,3-7,18H2,1-2H3,(H,26,29). The lowest BCUT2D eigenvalue weighted by Gasteiger charge is -2.09. The van der Waals surface area contributed by atoms with Gasteiger partial charge in [0.2, 0.25) is 5.91 Å². The number of benzene rings is 2. The number of anilines is 1. The number of carbonyl (C=O) groups is 1. The molecule has 1 aromatic heterocycles. The lowest BCUT2D eigenvalue weighted by atomic mass is 10.1. The van der Waals surface area contributed by atoms with Crippen LogP contribution >= 0.6 is 0 Å². The molecule has 31 heavy (non-hydrogen) atoms. The molecule has 0 unspecified atom stereocenters. The van der Waals surface area contributed by atoms with Crippen LogP contribution in [0.3, 0.4) is 0 Å². The van der Waals surface area contributed by atoms with Crippen molar-refractivity contribution in [2.45, 2.75) is 45.6 Å². The van der Waals surface area contributed by atoms with Crippen LogP contribution in [0, 0.1) is 0 Å². The number of ether oxygens (including phenoxy) is 1. The lowest BCUT2D eigenvalue weighted by molar-refractivity contribution is -0.116. The number of amides is 1. The summed E-state index contributed by atoms with van der Waals surface area (Å²) in [6.07, 6.45) is 4.23. The first-order chi connectivity index (χ1) is 15.1. The van der Waals surface area contributed by atoms with Crippen LogP contribution in [0.15, 0.2) is 65.5 Å². The first-order valence-electron chi connectivity index (χ1n) is 10.7. The summed E-state index contributed by atoms with van der Waals surface area (Å²) in [5.41, 5.74) is 3.49. The van der Waals surface area contributed by atoms with Gasteiger partial charge in [0.05, 0.1) is 12.8 Å². The number of methoxy groups -OCH3 is 1. The zero-order valence-electron chi connectivity index (χ0n) is 18.1. The molecule has 1 heterocycles. The molecule has 0 bridgehead atoms. The highest BCUT2D eigenvalue weighted by atomic mass is 16.5. The van der Waals surface area contributed by atoms with Crippen LogP contribution in [0.5, 0.6) is 5.75 Å². The molecule has 6 heteroatoms. The van der Waals surface area contributed by atoms with Crippen molar-refractivity contribution in [2.24, 2.45) is 0 Å². The van der Waals surface area contributed by atoms with Crippen molar-refractivity contribution in [3.63, 3.8) is 0 Å². The largest absolute Gasteiger partial charge is 0.497 e. The second-order valence-electron chi connectivity index (χ2n) is 7.46. The normalized spacial score (nSPS) is 10.6. The molecule has 1 N–H and O–H groups in total. The van der Waals surface area contributed by atoms with Gasteiger partial charge in [-0.05, 0) is 67.3 Å². The summed E-state index contributed by atoms with van der Waals surface area (Å²) in [6, 6.07) is 18.7. The van der Waals surface area contributed by atoms with E-state index in [1.807, 2.05) is 36.4 Å². The van der Waals surface area contributed by atoms with Crippen molar-refractivity contribution in [3.8, 4) is 17.0 Å². The Morgan fingerprint density at radius 1 is 1.00 bits per heavy atom. The number of nitrogens with one attached hydrogen (secondary N) is 1. The van der Waals surface area contributed by atoms with E-state index in [2.05, 4.69) is 29.5 Å². The maximum absolute atomic E-state index is 12.3. The number of aromatic nitrogens is 2. The van der Waals surface area contributed by atoms with Crippen LogP contribution in [0.4, 0.5) is 5.69 Å². The van der Waals surface area contributed by atoms with Gasteiger partial charge in [-0.15, -0.1) is 0 Å². The molecular weight excluding hydrogens is 390 g/mol. The van der Waals surface area contributed by atoms with Crippen molar-refractivity contribution in [1.82, 2.24) is 9.78 Å². The van der Waals surface area contributed by atoms with Gasteiger partial charge in [-0.1, -0.05) is 25.5 Å². The Hall–Kier alpha value is -3.41. The predicted octanol–water partition coefficient (Wildman–Crippen LogP) is 4.68. The highest BCUT2D eigenvalue weighted by Gasteiger charge is 2.07. The Morgan fingerprint density at radius 3 is 2.42 bits per heavy atom. The Kier molecular flexibility index (Phi) is 7.98. The fourth-order valence-electron chi connectivity index (χ4n) is 3.27. The number of rotatable bonds is 10. The molecule has 2 aromatic carbocycles. The minimum atomic E-state index is -0.180. The van der Waals surface area contributed by atoms with E-state index in [-0.39, 0.29) is 11.5 Å². The number of carbonyl (C=O) groups excluding carboxylic acids is 1. The zero-order chi connectivity index (χ0) is 22.1. The van der Waals surface area contributed by atoms with Gasteiger partial charge in [0, 0.05) is 30.3 Å². The molecule has 0 aliphatic carbocycles. The third-order valence-corrected chi connectivity index (χ3v) is 5.08. The molecule has 1 amide bonds. The molecular formula is C25H29N3O3. The monoisotopic (exact) mass is 419 g/mol. The van der Waals surface area contributed by atoms with Gasteiger partial charge in [-0.2, -0.15) is 5.10 Å². The first kappa shape index (κ1) is 22.3. The second kappa shape index (κ2) is 11.1. The molecule has 0 spiro atoms. The van der Waals surface area contributed by atoms with Crippen LogP contribution < -0.4 is 15.6 Å². The third-order valence-electron chi connectivity index (χ3n) is 5.08. The Balaban J connectivity index is 1.53. The molecule has 0 aliphatic rings. The maximum atomic E-state index is 12.3. The summed E-state index contributed by atoms with van der Waals surface area (Å²) >= 11 is 0. The van der Waals surface area contributed by atoms with E-state index < -0.39 is 0 Å². The Bertz CT molecular complexity index is 1040. The molecule has 0 fully saturated rings. The predicted molar refractivity (Wildman–Crippen MR) is 123 cm³/mol. The van der Waals surface area contributed by atoms with Gasteiger partial charge in [-0.3, -0.25) is 9.59 Å². The quantitative estimate of drug-likeness (QED) is 0.518. The molecule has 0 saturated carbocycles. The maximum Gasteiger partial charge on any atom is 0.266 e. The van der Waals surface area contributed by atoms with Gasteiger partial charge in [0.25, 0.3) is 5.56 Å². The Labute approximate surface area is 182 Å². The van der Waals surface area contributed by atoms with Crippen molar-refractivity contribution in [3.05, 3.63) is 76.6 Å². The molecule has 0 aliphatic heterocycles. The van der Waals surface area contributed by atoms with Crippen LogP contribution in [-0.2, 0) is 17.8 Å². The van der Waals surface area contributed by atoms with E-state index in [1.54, 1.807) is 13.2 Å². The average Bonchev–Trinajstić information content (AvgIpc) is 2.80. The van der Waals surface area contributed by atoms with Crippen LogP contribution in [-0.4, -0.2) is 22.8 Å². The van der Waals surface area contributed by atoms with E-state index >= 15 is 0 Å². The Morgan fingerprint density at radius 2 is 1.74 bits per heavy atom. The number of aryl methyl sites for hydroxylation is 2. The molecule has 6 nitrogen and oxygen atoms in total. The van der Waals surface area contributed by atoms with E-state index in [9.17, 15) is 9.59 Å². The summed E-state index contributed by atoms with van der Waals surface area (Å²) in [6.45, 7) is 2.56. The first-order valence-corrected chi connectivity index (χ1v) is 10.7. The average molecular weight is 420 g/mol. The summed E-state index contributed by atoms with van der Waals surface area (Å²) in [4.78, 5) is 24.4. The van der Waals surface area contributed by atoms with Gasteiger partial charge < -0.3 is 10.1 Å². The van der Waals surface area contributed by atoms with Gasteiger partial charge in [-0.25, -0.2) is 4.68 Å². The van der Waals surface area contributed by atoms with E-state index in [1.165, 1.54) is 29.2 Å². The highest BCUT2D eigenvalue weighted by molar-refractivity contribution is 5.90. The number of hydrogen-bond acceptors (Lipinski definition) is 4. The summed E-state index contributed by atoms with van der Waals surface area (Å²) in [5.74, 6) is 0.694. The van der Waals surface area contributed by atoms with Gasteiger partial charge >= 0.3 is 0 Å². The SMILES string of the molecule is CCCCc1ccc(NC(=O)CCCn2nc(-c3ccc(OC)cc3)ccc2=O)cc1. The van der Waals surface area contributed by atoms with Crippen molar-refractivity contribution >= 4 is 11.6 Å². The molecule has 3 rings (SSSR count). The van der Waals surface area contributed by atoms with E-state index in [0.29, 0.717) is 25.1 Å². The van der Waals surface area contributed by atoms with Crippen molar-refractivity contribution in [2.75, 3.05) is 12.4 Å². The smallest absolute Gasteiger partial charge is 0.266 e. The molecule has 0 atom stereocenters. The van der Waals surface area contributed by atoms with E-state index in [4.69, 9.17) is 4.74 Å². The third kappa shape index (κ3) is 6.54. The number of hydrogen-bond donors (Lipinski definition) is 1. The van der Waals surface area contributed by atoms with E-state index in [0.717, 1.165) is 23.4 Å². The highest BCUT2D eigenvalue weighted by Crippen LogP contribution is 2.19. The summed E-state index contributed by atoms with van der Waals surface area (Å²) in [7, 11) is 1.62. The number of unbranched alkanes of at least 4 members (excludes halogenated alkanes) is 1. The molecule has 0 saturated heterocycles. The molecule has 162 valence electrons. The summed E-state index contributed by atoms with van der Waals surface area (Å²) < 4.78 is 6.59. The van der Waals surface area contributed by atoms with Gasteiger partial charge in [0.15, 0.2) is 0 Å². The van der Waals surface area contributed by atoms with Crippen LogP contribution in [0.25, 0.3) is 11.3 Å². The fourth-order valence-corrected chi connectivity index (χ4v) is 3.27. The lowest BCUT2D eigenvalue weighted by Crippen LogP contribution is -2.23. The fraction of sp³-hybridized carbons (Fsp3) is 0.320. The van der Waals surface area contributed by atoms with Crippen LogP contribution in [0.1, 0.15) is 38.2 Å². The van der Waals surface area contributed by atoms with Crippen molar-refractivity contribution < 1.29 is 9.53 Å². The topological polar surface area (TPSA) is 73.2 Å². The van der Waals surface area contributed by atoms with Gasteiger partial charge in [0.1, 0.15) is 5.75 Å². The molecule has 3 aromatic rings. The zero-order valence-corrected chi connectivity index (χ0v) is 18.1. The number of nitrogens with zero attached hydrogens (tertiary/aromatic N) is 2. The summed E-state index contributed by atoms with van der Waals surface area (Å²) in [5, 5.41) is 7.36. The van der Waals surface area contributed by atoms with Crippen molar-refractivity contribution in [1.29, 1.82) is 0 Å². The minimum Gasteiger partial charge on any atom is -0.497 e. The van der Waals surface area contributed by atoms with Crippen LogP contribution in [0.2, 0.25) is 0 Å².